The molecule has 1 rings (SSSR count). The third-order valence-electron chi connectivity index (χ3n) is 2.56. The SMILES string of the molecule is C=CC(C)N1CCCOC(CN)C1. The summed E-state index contributed by atoms with van der Waals surface area (Å²) in [7, 11) is 0. The maximum absolute atomic E-state index is 5.60. The van der Waals surface area contributed by atoms with E-state index in [1.165, 1.54) is 0 Å². The van der Waals surface area contributed by atoms with Crippen LogP contribution in [0.25, 0.3) is 0 Å². The van der Waals surface area contributed by atoms with Crippen LogP contribution < -0.4 is 5.73 Å². The van der Waals surface area contributed by atoms with Gasteiger partial charge in [0.15, 0.2) is 0 Å². The molecule has 2 N–H and O–H groups in total. The fourth-order valence-electron chi connectivity index (χ4n) is 1.58. The molecule has 1 heterocycles. The number of nitrogens with zero attached hydrogens (tertiary/aromatic N) is 1. The highest BCUT2D eigenvalue weighted by Crippen LogP contribution is 2.09. The number of hydrogen-bond donors (Lipinski definition) is 1. The van der Waals surface area contributed by atoms with Gasteiger partial charge in [0.1, 0.15) is 0 Å². The fraction of sp³-hybridized carbons (Fsp3) is 0.800. The van der Waals surface area contributed by atoms with Gasteiger partial charge in [-0.1, -0.05) is 6.08 Å². The predicted octanol–water partition coefficient (Wildman–Crippen LogP) is 0.611. The lowest BCUT2D eigenvalue weighted by atomic mass is 10.2. The molecular formula is C10H20N2O. The molecule has 0 spiro atoms. The third kappa shape index (κ3) is 3.10. The van der Waals surface area contributed by atoms with Crippen molar-refractivity contribution >= 4 is 0 Å². The van der Waals surface area contributed by atoms with Crippen LogP contribution in [0.3, 0.4) is 0 Å². The van der Waals surface area contributed by atoms with E-state index in [0.717, 1.165) is 26.1 Å². The van der Waals surface area contributed by atoms with Crippen LogP contribution >= 0.6 is 0 Å². The average Bonchev–Trinajstić information content (AvgIpc) is 2.41. The lowest BCUT2D eigenvalue weighted by Gasteiger charge is -2.26. The lowest BCUT2D eigenvalue weighted by molar-refractivity contribution is 0.0580. The molecule has 1 aliphatic rings. The van der Waals surface area contributed by atoms with Crippen molar-refractivity contribution in [1.82, 2.24) is 4.90 Å². The molecule has 0 amide bonds. The number of nitrogens with two attached hydrogens (primary N) is 1. The lowest BCUT2D eigenvalue weighted by Crippen LogP contribution is -2.40. The van der Waals surface area contributed by atoms with Gasteiger partial charge in [-0.2, -0.15) is 0 Å². The molecule has 2 unspecified atom stereocenters. The molecule has 76 valence electrons. The first-order valence-electron chi connectivity index (χ1n) is 4.96. The van der Waals surface area contributed by atoms with E-state index in [2.05, 4.69) is 18.4 Å². The standard InChI is InChI=1S/C10H20N2O/c1-3-9(2)12-5-4-6-13-10(7-11)8-12/h3,9-10H,1,4-8,11H2,2H3. The van der Waals surface area contributed by atoms with E-state index in [0.29, 0.717) is 12.6 Å². The smallest absolute Gasteiger partial charge is 0.0824 e. The van der Waals surface area contributed by atoms with Crippen molar-refractivity contribution < 1.29 is 4.74 Å². The van der Waals surface area contributed by atoms with Gasteiger partial charge in [-0.15, -0.1) is 6.58 Å². The number of hydrogen-bond acceptors (Lipinski definition) is 3. The molecule has 0 bridgehead atoms. The van der Waals surface area contributed by atoms with Gasteiger partial charge >= 0.3 is 0 Å². The van der Waals surface area contributed by atoms with Gasteiger partial charge < -0.3 is 10.5 Å². The maximum Gasteiger partial charge on any atom is 0.0824 e. The Kier molecular flexibility index (Phi) is 4.42. The summed E-state index contributed by atoms with van der Waals surface area (Å²) in [5.41, 5.74) is 5.60. The Morgan fingerprint density at radius 3 is 3.15 bits per heavy atom. The Morgan fingerprint density at radius 1 is 1.77 bits per heavy atom. The van der Waals surface area contributed by atoms with Crippen molar-refractivity contribution in [2.75, 3.05) is 26.2 Å². The Labute approximate surface area is 80.5 Å². The second kappa shape index (κ2) is 5.37. The monoisotopic (exact) mass is 184 g/mol. The molecule has 1 saturated heterocycles. The van der Waals surface area contributed by atoms with E-state index in [9.17, 15) is 0 Å². The summed E-state index contributed by atoms with van der Waals surface area (Å²) in [4.78, 5) is 2.37. The molecule has 0 aliphatic carbocycles. The highest BCUT2D eigenvalue weighted by Gasteiger charge is 2.19. The molecule has 3 heteroatoms. The van der Waals surface area contributed by atoms with Crippen molar-refractivity contribution in [3.8, 4) is 0 Å². The van der Waals surface area contributed by atoms with Crippen molar-refractivity contribution in [3.05, 3.63) is 12.7 Å². The van der Waals surface area contributed by atoms with Gasteiger partial charge in [0.05, 0.1) is 6.10 Å². The summed E-state index contributed by atoms with van der Waals surface area (Å²) in [6.45, 7) is 9.43. The molecule has 1 fully saturated rings. The van der Waals surface area contributed by atoms with E-state index in [4.69, 9.17) is 10.5 Å². The second-order valence-electron chi connectivity index (χ2n) is 3.55. The van der Waals surface area contributed by atoms with Crippen LogP contribution in [0.4, 0.5) is 0 Å². The molecule has 0 aromatic carbocycles. The van der Waals surface area contributed by atoms with Crippen molar-refractivity contribution in [2.24, 2.45) is 5.73 Å². The molecule has 0 aromatic heterocycles. The zero-order valence-electron chi connectivity index (χ0n) is 8.41. The van der Waals surface area contributed by atoms with E-state index in [1.54, 1.807) is 0 Å². The first kappa shape index (κ1) is 10.7. The molecule has 0 radical (unpaired) electrons. The third-order valence-corrected chi connectivity index (χ3v) is 2.56. The molecule has 13 heavy (non-hydrogen) atoms. The van der Waals surface area contributed by atoms with Gasteiger partial charge in [0, 0.05) is 32.3 Å². The van der Waals surface area contributed by atoms with Gasteiger partial charge in [-0.3, -0.25) is 4.90 Å². The normalized spacial score (nSPS) is 28.0. The second-order valence-corrected chi connectivity index (χ2v) is 3.55. The molecule has 3 nitrogen and oxygen atoms in total. The van der Waals surface area contributed by atoms with Crippen LogP contribution in [-0.4, -0.2) is 43.3 Å². The van der Waals surface area contributed by atoms with Crippen LogP contribution in [0.1, 0.15) is 13.3 Å². The van der Waals surface area contributed by atoms with Gasteiger partial charge in [-0.05, 0) is 13.3 Å². The van der Waals surface area contributed by atoms with Gasteiger partial charge in [0.25, 0.3) is 0 Å². The molecule has 2 atom stereocenters. The summed E-state index contributed by atoms with van der Waals surface area (Å²) in [6, 6.07) is 0.427. The van der Waals surface area contributed by atoms with Gasteiger partial charge in [0.2, 0.25) is 0 Å². The van der Waals surface area contributed by atoms with E-state index in [1.807, 2.05) is 6.08 Å². The van der Waals surface area contributed by atoms with Crippen molar-refractivity contribution in [2.45, 2.75) is 25.5 Å². The Balaban J connectivity index is 2.48. The van der Waals surface area contributed by atoms with E-state index in [-0.39, 0.29) is 6.10 Å². The largest absolute Gasteiger partial charge is 0.376 e. The van der Waals surface area contributed by atoms with Gasteiger partial charge in [-0.25, -0.2) is 0 Å². The first-order valence-corrected chi connectivity index (χ1v) is 4.96. The highest BCUT2D eigenvalue weighted by atomic mass is 16.5. The minimum absolute atomic E-state index is 0.199. The first-order chi connectivity index (χ1) is 6.27. The minimum atomic E-state index is 0.199. The summed E-state index contributed by atoms with van der Waals surface area (Å²) in [6.07, 6.45) is 3.26. The van der Waals surface area contributed by atoms with Crippen LogP contribution in [0.15, 0.2) is 12.7 Å². The number of ether oxygens (including phenoxy) is 1. The summed E-state index contributed by atoms with van der Waals surface area (Å²) >= 11 is 0. The fourth-order valence-corrected chi connectivity index (χ4v) is 1.58. The zero-order valence-corrected chi connectivity index (χ0v) is 8.41. The Hall–Kier alpha value is -0.380. The molecule has 0 aromatic rings. The minimum Gasteiger partial charge on any atom is -0.376 e. The predicted molar refractivity (Wildman–Crippen MR) is 54.6 cm³/mol. The topological polar surface area (TPSA) is 38.5 Å². The quantitative estimate of drug-likeness (QED) is 0.653. The van der Waals surface area contributed by atoms with Crippen molar-refractivity contribution in [1.29, 1.82) is 0 Å². The van der Waals surface area contributed by atoms with Crippen LogP contribution in [0.5, 0.6) is 0 Å². The summed E-state index contributed by atoms with van der Waals surface area (Å²) in [5.74, 6) is 0. The Morgan fingerprint density at radius 2 is 2.54 bits per heavy atom. The van der Waals surface area contributed by atoms with Crippen LogP contribution in [-0.2, 0) is 4.74 Å². The number of rotatable bonds is 3. The van der Waals surface area contributed by atoms with E-state index >= 15 is 0 Å². The Bertz CT molecular complexity index is 161. The molecular weight excluding hydrogens is 164 g/mol. The summed E-state index contributed by atoms with van der Waals surface area (Å²) < 4.78 is 5.58. The molecule has 1 aliphatic heterocycles. The maximum atomic E-state index is 5.60. The molecule has 0 saturated carbocycles. The summed E-state index contributed by atoms with van der Waals surface area (Å²) in [5, 5.41) is 0. The van der Waals surface area contributed by atoms with Crippen molar-refractivity contribution in [3.63, 3.8) is 0 Å². The highest BCUT2D eigenvalue weighted by molar-refractivity contribution is 4.86. The van der Waals surface area contributed by atoms with Crippen LogP contribution in [0.2, 0.25) is 0 Å². The van der Waals surface area contributed by atoms with Crippen LogP contribution in [0, 0.1) is 0 Å². The zero-order chi connectivity index (χ0) is 9.68. The average molecular weight is 184 g/mol. The van der Waals surface area contributed by atoms with E-state index < -0.39 is 0 Å².